The van der Waals surface area contributed by atoms with Crippen LogP contribution in [0, 0.1) is 5.92 Å². The summed E-state index contributed by atoms with van der Waals surface area (Å²) in [6.45, 7) is 9.78. The lowest BCUT2D eigenvalue weighted by molar-refractivity contribution is 0.0955. The molecule has 1 amide bonds. The number of aliphatic imine (C=N–C) groups is 1. The Balaban J connectivity index is 0.00000625. The lowest BCUT2D eigenvalue weighted by Gasteiger charge is -2.13. The molecule has 0 aliphatic rings. The molecule has 0 saturated carbocycles. The van der Waals surface area contributed by atoms with Crippen molar-refractivity contribution in [3.8, 4) is 0 Å². The van der Waals surface area contributed by atoms with Crippen LogP contribution in [-0.2, 0) is 11.3 Å². The average Bonchev–Trinajstić information content (AvgIpc) is 2.60. The van der Waals surface area contributed by atoms with Crippen LogP contribution in [0.2, 0.25) is 0 Å². The predicted molar refractivity (Wildman–Crippen MR) is 118 cm³/mol. The van der Waals surface area contributed by atoms with Gasteiger partial charge in [-0.1, -0.05) is 26.0 Å². The van der Waals surface area contributed by atoms with E-state index in [1.807, 2.05) is 31.2 Å². The second kappa shape index (κ2) is 14.8. The molecule has 0 unspecified atom stereocenters. The summed E-state index contributed by atoms with van der Waals surface area (Å²) >= 11 is 0. The van der Waals surface area contributed by atoms with Gasteiger partial charge in [-0.2, -0.15) is 0 Å². The van der Waals surface area contributed by atoms with Gasteiger partial charge in [-0.05, 0) is 37.0 Å². The van der Waals surface area contributed by atoms with E-state index in [1.165, 1.54) is 0 Å². The molecule has 0 spiro atoms. The Labute approximate surface area is 174 Å². The van der Waals surface area contributed by atoms with Gasteiger partial charge in [0.25, 0.3) is 5.91 Å². The van der Waals surface area contributed by atoms with Crippen molar-refractivity contribution in [1.82, 2.24) is 16.0 Å². The third kappa shape index (κ3) is 10.6. The Morgan fingerprint density at radius 2 is 2.00 bits per heavy atom. The topological polar surface area (TPSA) is 74.8 Å². The number of benzene rings is 1. The Hall–Kier alpha value is -1.35. The lowest BCUT2D eigenvalue weighted by atomic mass is 10.1. The maximum atomic E-state index is 11.9. The number of guanidine groups is 1. The van der Waals surface area contributed by atoms with Gasteiger partial charge < -0.3 is 20.7 Å². The zero-order chi connectivity index (χ0) is 18.5. The van der Waals surface area contributed by atoms with Crippen molar-refractivity contribution in [2.24, 2.45) is 10.9 Å². The van der Waals surface area contributed by atoms with Crippen LogP contribution in [0.3, 0.4) is 0 Å². The molecule has 0 aliphatic carbocycles. The number of hydrogen-bond acceptors (Lipinski definition) is 3. The minimum atomic E-state index is -0.0479. The first-order valence-electron chi connectivity index (χ1n) is 8.96. The fourth-order valence-electron chi connectivity index (χ4n) is 2.19. The maximum absolute atomic E-state index is 11.9. The fraction of sp³-hybridized carbons (Fsp3) is 0.579. The van der Waals surface area contributed by atoms with Crippen molar-refractivity contribution in [2.75, 3.05) is 33.4 Å². The smallest absolute Gasteiger partial charge is 0.251 e. The number of ether oxygens (including phenoxy) is 1. The average molecular weight is 476 g/mol. The summed E-state index contributed by atoms with van der Waals surface area (Å²) in [5.74, 6) is 1.26. The number of halogens is 1. The second-order valence-electron chi connectivity index (χ2n) is 6.23. The van der Waals surface area contributed by atoms with Gasteiger partial charge in [-0.25, -0.2) is 0 Å². The van der Waals surface area contributed by atoms with E-state index in [2.05, 4.69) is 34.8 Å². The largest absolute Gasteiger partial charge is 0.381 e. The molecule has 6 nitrogen and oxygen atoms in total. The van der Waals surface area contributed by atoms with Crippen LogP contribution in [0.15, 0.2) is 29.3 Å². The molecule has 0 heterocycles. The van der Waals surface area contributed by atoms with Crippen molar-refractivity contribution in [3.63, 3.8) is 0 Å². The van der Waals surface area contributed by atoms with Crippen molar-refractivity contribution in [2.45, 2.75) is 33.7 Å². The molecule has 1 aromatic carbocycles. The fourth-order valence-corrected chi connectivity index (χ4v) is 2.19. The molecule has 0 aliphatic heterocycles. The second-order valence-corrected chi connectivity index (χ2v) is 6.23. The lowest BCUT2D eigenvalue weighted by Crippen LogP contribution is -2.37. The molecule has 7 heteroatoms. The SMILES string of the molecule is CCNC(=O)c1cccc(CNC(=NC)NCCCOCC(C)C)c1.I. The normalized spacial score (nSPS) is 11.0. The van der Waals surface area contributed by atoms with Crippen molar-refractivity contribution >= 4 is 35.8 Å². The zero-order valence-corrected chi connectivity index (χ0v) is 18.6. The van der Waals surface area contributed by atoms with Gasteiger partial charge in [0, 0.05) is 45.5 Å². The van der Waals surface area contributed by atoms with E-state index in [4.69, 9.17) is 4.74 Å². The van der Waals surface area contributed by atoms with Gasteiger partial charge in [0.15, 0.2) is 5.96 Å². The first kappa shape index (κ1) is 24.7. The van der Waals surface area contributed by atoms with E-state index in [-0.39, 0.29) is 29.9 Å². The summed E-state index contributed by atoms with van der Waals surface area (Å²) in [4.78, 5) is 16.1. The van der Waals surface area contributed by atoms with E-state index < -0.39 is 0 Å². The minimum Gasteiger partial charge on any atom is -0.381 e. The van der Waals surface area contributed by atoms with Crippen LogP contribution >= 0.6 is 24.0 Å². The summed E-state index contributed by atoms with van der Waals surface area (Å²) in [7, 11) is 1.75. The van der Waals surface area contributed by atoms with Gasteiger partial charge >= 0.3 is 0 Å². The van der Waals surface area contributed by atoms with E-state index in [1.54, 1.807) is 7.05 Å². The maximum Gasteiger partial charge on any atom is 0.251 e. The molecule has 0 atom stereocenters. The molecule has 3 N–H and O–H groups in total. The molecule has 0 saturated heterocycles. The van der Waals surface area contributed by atoms with E-state index in [9.17, 15) is 4.79 Å². The van der Waals surface area contributed by atoms with E-state index in [0.717, 1.165) is 37.7 Å². The summed E-state index contributed by atoms with van der Waals surface area (Å²) in [6, 6.07) is 7.59. The monoisotopic (exact) mass is 476 g/mol. The van der Waals surface area contributed by atoms with Crippen LogP contribution in [0.4, 0.5) is 0 Å². The molecular weight excluding hydrogens is 443 g/mol. The number of nitrogens with one attached hydrogen (secondary N) is 3. The van der Waals surface area contributed by atoms with Crippen LogP contribution < -0.4 is 16.0 Å². The standard InChI is InChI=1S/C19H32N4O2.HI/c1-5-21-18(24)17-9-6-8-16(12-17)13-23-19(20-4)22-10-7-11-25-14-15(2)3;/h6,8-9,12,15H,5,7,10-11,13-14H2,1-4H3,(H,21,24)(H2,20,22,23);1H. The molecule has 0 radical (unpaired) electrons. The Morgan fingerprint density at radius 3 is 2.65 bits per heavy atom. The number of amides is 1. The van der Waals surface area contributed by atoms with Crippen molar-refractivity contribution < 1.29 is 9.53 Å². The predicted octanol–water partition coefficient (Wildman–Crippen LogP) is 2.78. The van der Waals surface area contributed by atoms with Gasteiger partial charge in [0.1, 0.15) is 0 Å². The summed E-state index contributed by atoms with van der Waals surface area (Å²) in [6.07, 6.45) is 0.931. The Bertz CT molecular complexity index is 550. The van der Waals surface area contributed by atoms with E-state index in [0.29, 0.717) is 24.6 Å². The number of rotatable bonds is 10. The third-order valence-electron chi connectivity index (χ3n) is 3.42. The number of carbonyl (C=O) groups excluding carboxylic acids is 1. The molecule has 0 aromatic heterocycles. The van der Waals surface area contributed by atoms with Crippen LogP contribution in [-0.4, -0.2) is 45.2 Å². The highest BCUT2D eigenvalue weighted by Crippen LogP contribution is 2.05. The van der Waals surface area contributed by atoms with Gasteiger partial charge in [0.05, 0.1) is 0 Å². The highest BCUT2D eigenvalue weighted by molar-refractivity contribution is 14.0. The van der Waals surface area contributed by atoms with Crippen LogP contribution in [0.25, 0.3) is 0 Å². The van der Waals surface area contributed by atoms with E-state index >= 15 is 0 Å². The molecule has 0 bridgehead atoms. The van der Waals surface area contributed by atoms with Crippen molar-refractivity contribution in [3.05, 3.63) is 35.4 Å². The zero-order valence-electron chi connectivity index (χ0n) is 16.3. The number of carbonyl (C=O) groups is 1. The molecule has 1 rings (SSSR count). The molecule has 0 fully saturated rings. The first-order chi connectivity index (χ1) is 12.1. The number of hydrogen-bond donors (Lipinski definition) is 3. The molecular formula is C19H33IN4O2. The summed E-state index contributed by atoms with van der Waals surface area (Å²) in [5.41, 5.74) is 1.71. The van der Waals surface area contributed by atoms with Crippen LogP contribution in [0.1, 0.15) is 43.1 Å². The highest BCUT2D eigenvalue weighted by atomic mass is 127. The highest BCUT2D eigenvalue weighted by Gasteiger charge is 2.05. The molecule has 1 aromatic rings. The minimum absolute atomic E-state index is 0. The molecule has 26 heavy (non-hydrogen) atoms. The van der Waals surface area contributed by atoms with Crippen LogP contribution in [0.5, 0.6) is 0 Å². The Morgan fingerprint density at radius 1 is 1.23 bits per heavy atom. The van der Waals surface area contributed by atoms with Gasteiger partial charge in [-0.3, -0.25) is 9.79 Å². The van der Waals surface area contributed by atoms with Gasteiger partial charge in [0.2, 0.25) is 0 Å². The quantitative estimate of drug-likeness (QED) is 0.210. The third-order valence-corrected chi connectivity index (χ3v) is 3.42. The summed E-state index contributed by atoms with van der Waals surface area (Å²) in [5, 5.41) is 9.33. The molecule has 148 valence electrons. The van der Waals surface area contributed by atoms with Gasteiger partial charge in [-0.15, -0.1) is 24.0 Å². The first-order valence-corrected chi connectivity index (χ1v) is 8.96. The summed E-state index contributed by atoms with van der Waals surface area (Å²) < 4.78 is 5.56. The number of nitrogens with zero attached hydrogens (tertiary/aromatic N) is 1. The Kier molecular flexibility index (Phi) is 14.0. The van der Waals surface area contributed by atoms with Crippen molar-refractivity contribution in [1.29, 1.82) is 0 Å².